The van der Waals surface area contributed by atoms with E-state index in [-0.39, 0.29) is 21.8 Å². The Kier molecular flexibility index (Phi) is 9.56. The van der Waals surface area contributed by atoms with Gasteiger partial charge in [-0.3, -0.25) is 0 Å². The molecule has 8 rings (SSSR count). The highest BCUT2D eigenvalue weighted by Crippen LogP contribution is 2.57. The molecule has 262 valence electrons. The topological polar surface area (TPSA) is 163 Å². The number of aliphatic hydroxyl groups is 2. The molecule has 0 aromatic heterocycles. The van der Waals surface area contributed by atoms with Crippen LogP contribution >= 0.6 is 0 Å². The fourth-order valence-corrected chi connectivity index (χ4v) is 11.1. The summed E-state index contributed by atoms with van der Waals surface area (Å²) in [7, 11) is 4.48. The summed E-state index contributed by atoms with van der Waals surface area (Å²) in [5.74, 6) is -0.266. The maximum Gasteiger partial charge on any atom is 0.343 e. The van der Waals surface area contributed by atoms with Gasteiger partial charge in [-0.05, 0) is 137 Å². The predicted octanol–water partition coefficient (Wildman–Crippen LogP) is 2.65. The third kappa shape index (κ3) is 5.40. The molecule has 8 atom stereocenters. The first kappa shape index (κ1) is 35.0. The molecule has 48 heavy (non-hydrogen) atoms. The van der Waals surface area contributed by atoms with Gasteiger partial charge in [0.25, 0.3) is 0 Å². The van der Waals surface area contributed by atoms with Crippen LogP contribution in [0.15, 0.2) is 36.4 Å². The molecular formula is C38H52N2O8. The Balaban J connectivity index is 0.00000201. The molecule has 4 fully saturated rings. The summed E-state index contributed by atoms with van der Waals surface area (Å²) in [6.07, 6.45) is 9.65. The van der Waals surface area contributed by atoms with Gasteiger partial charge in [-0.25, -0.2) is 9.59 Å². The van der Waals surface area contributed by atoms with Crippen LogP contribution in [-0.2, 0) is 33.3 Å². The number of esters is 2. The van der Waals surface area contributed by atoms with Crippen LogP contribution in [0.4, 0.5) is 0 Å². The van der Waals surface area contributed by atoms with Crippen LogP contribution in [-0.4, -0.2) is 94.4 Å². The van der Waals surface area contributed by atoms with Crippen LogP contribution in [0, 0.1) is 11.8 Å². The van der Waals surface area contributed by atoms with Crippen LogP contribution in [0.3, 0.4) is 0 Å². The van der Waals surface area contributed by atoms with Gasteiger partial charge in [0.1, 0.15) is 11.5 Å². The number of nitrogens with zero attached hydrogens (tertiary/aromatic N) is 2. The number of aliphatic hydroxyl groups excluding tert-OH is 2. The Morgan fingerprint density at radius 2 is 1.10 bits per heavy atom. The molecule has 2 saturated heterocycles. The Labute approximate surface area is 283 Å². The monoisotopic (exact) mass is 664 g/mol. The third-order valence-corrected chi connectivity index (χ3v) is 13.4. The number of rotatable bonds is 5. The van der Waals surface area contributed by atoms with Gasteiger partial charge < -0.3 is 40.4 Å². The summed E-state index contributed by atoms with van der Waals surface area (Å²) in [5, 5.41) is 21.5. The van der Waals surface area contributed by atoms with E-state index in [0.717, 1.165) is 51.6 Å². The summed E-state index contributed by atoms with van der Waals surface area (Å²) in [4.78, 5) is 31.2. The Morgan fingerprint density at radius 3 is 1.52 bits per heavy atom. The van der Waals surface area contributed by atoms with Crippen molar-refractivity contribution in [3.05, 3.63) is 58.7 Å². The lowest BCUT2D eigenvalue weighted by molar-refractivity contribution is -0.162. The maximum atomic E-state index is 13.1. The number of likely N-dealkylation sites (N-methyl/N-ethyl adjacent to an activating group) is 2. The number of fused-ring (bicyclic) bond motifs is 2. The normalized spacial score (nSPS) is 33.2. The molecule has 2 heterocycles. The minimum Gasteiger partial charge on any atom is -0.425 e. The molecule has 6 N–H and O–H groups in total. The predicted molar refractivity (Wildman–Crippen MR) is 180 cm³/mol. The SMILES string of the molecule is CN1CC[C@]23CCCC[C@H]2[C@H]1Cc1ccc(OC(=O)C(O)C(O)C(=O)Oc2ccc4c(c2)[C@@]25CCCC[C@H]2[C@@H](C4)N(C)CC5)cc13.O.O. The van der Waals surface area contributed by atoms with E-state index in [1.165, 1.54) is 60.8 Å². The molecular weight excluding hydrogens is 612 g/mol. The second-order valence-electron chi connectivity index (χ2n) is 15.4. The zero-order valence-electron chi connectivity index (χ0n) is 28.2. The quantitative estimate of drug-likeness (QED) is 0.364. The summed E-state index contributed by atoms with van der Waals surface area (Å²) in [5.41, 5.74) is 5.33. The van der Waals surface area contributed by atoms with E-state index in [1.807, 2.05) is 24.3 Å². The Bertz CT molecular complexity index is 1440. The van der Waals surface area contributed by atoms with Crippen LogP contribution in [0.5, 0.6) is 11.5 Å². The molecule has 2 aliphatic heterocycles. The van der Waals surface area contributed by atoms with Crippen molar-refractivity contribution in [3.63, 3.8) is 0 Å². The third-order valence-electron chi connectivity index (χ3n) is 13.4. The number of carbonyl (C=O) groups is 2. The van der Waals surface area contributed by atoms with Gasteiger partial charge in [0.2, 0.25) is 0 Å². The van der Waals surface area contributed by atoms with Crippen molar-refractivity contribution in [1.82, 2.24) is 9.80 Å². The highest BCUT2D eigenvalue weighted by molar-refractivity contribution is 5.87. The number of hydrogen-bond acceptors (Lipinski definition) is 8. The Morgan fingerprint density at radius 1 is 0.688 bits per heavy atom. The van der Waals surface area contributed by atoms with Crippen molar-refractivity contribution in [3.8, 4) is 11.5 Å². The first-order valence-corrected chi connectivity index (χ1v) is 17.7. The lowest BCUT2D eigenvalue weighted by Crippen LogP contribution is -2.59. The molecule has 4 aliphatic carbocycles. The van der Waals surface area contributed by atoms with Crippen molar-refractivity contribution in [2.45, 2.75) is 112 Å². The van der Waals surface area contributed by atoms with E-state index in [2.05, 4.69) is 23.9 Å². The molecule has 2 aromatic rings. The van der Waals surface area contributed by atoms with Crippen LogP contribution in [0.2, 0.25) is 0 Å². The van der Waals surface area contributed by atoms with Gasteiger partial charge in [0, 0.05) is 22.9 Å². The van der Waals surface area contributed by atoms with Gasteiger partial charge in [-0.2, -0.15) is 0 Å². The number of piperidine rings is 2. The molecule has 6 aliphatic rings. The van der Waals surface area contributed by atoms with Crippen molar-refractivity contribution >= 4 is 11.9 Å². The second kappa shape index (κ2) is 13.1. The lowest BCUT2D eigenvalue weighted by atomic mass is 9.52. The van der Waals surface area contributed by atoms with Crippen LogP contribution in [0.25, 0.3) is 0 Å². The van der Waals surface area contributed by atoms with E-state index in [4.69, 9.17) is 9.47 Å². The number of hydrogen-bond donors (Lipinski definition) is 2. The minimum absolute atomic E-state index is 0. The van der Waals surface area contributed by atoms with Gasteiger partial charge in [0.05, 0.1) is 0 Å². The minimum atomic E-state index is -2.06. The molecule has 10 heteroatoms. The van der Waals surface area contributed by atoms with Gasteiger partial charge in [-0.15, -0.1) is 0 Å². The van der Waals surface area contributed by atoms with Gasteiger partial charge in [0.15, 0.2) is 12.2 Å². The van der Waals surface area contributed by atoms with Crippen molar-refractivity contribution in [1.29, 1.82) is 0 Å². The van der Waals surface area contributed by atoms with Crippen molar-refractivity contribution < 1.29 is 40.2 Å². The first-order valence-electron chi connectivity index (χ1n) is 17.7. The number of likely N-dealkylation sites (tertiary alicyclic amines) is 2. The molecule has 2 saturated carbocycles. The number of benzene rings is 2. The van der Waals surface area contributed by atoms with E-state index < -0.39 is 24.1 Å². The highest BCUT2D eigenvalue weighted by Gasteiger charge is 2.54. The number of ether oxygens (including phenoxy) is 2. The van der Waals surface area contributed by atoms with Crippen LogP contribution in [0.1, 0.15) is 86.5 Å². The van der Waals surface area contributed by atoms with E-state index >= 15 is 0 Å². The van der Waals surface area contributed by atoms with Gasteiger partial charge in [-0.1, -0.05) is 37.8 Å². The average Bonchev–Trinajstić information content (AvgIpc) is 3.07. The summed E-state index contributed by atoms with van der Waals surface area (Å²) >= 11 is 0. The fraction of sp³-hybridized carbons (Fsp3) is 0.632. The first-order chi connectivity index (χ1) is 22.2. The van der Waals surface area contributed by atoms with Crippen LogP contribution < -0.4 is 9.47 Å². The van der Waals surface area contributed by atoms with E-state index in [0.29, 0.717) is 35.4 Å². The molecule has 0 spiro atoms. The van der Waals surface area contributed by atoms with E-state index in [1.54, 1.807) is 12.1 Å². The second-order valence-corrected chi connectivity index (χ2v) is 15.4. The Hall–Kier alpha value is -2.86. The average molecular weight is 665 g/mol. The summed E-state index contributed by atoms with van der Waals surface area (Å²) in [6, 6.07) is 12.7. The molecule has 0 amide bonds. The van der Waals surface area contributed by atoms with Crippen molar-refractivity contribution in [2.75, 3.05) is 27.2 Å². The summed E-state index contributed by atoms with van der Waals surface area (Å²) < 4.78 is 11.2. The van der Waals surface area contributed by atoms with E-state index in [9.17, 15) is 19.8 Å². The molecule has 2 aromatic carbocycles. The maximum absolute atomic E-state index is 13.1. The summed E-state index contributed by atoms with van der Waals surface area (Å²) in [6.45, 7) is 2.11. The van der Waals surface area contributed by atoms with Crippen molar-refractivity contribution in [2.24, 2.45) is 11.8 Å². The largest absolute Gasteiger partial charge is 0.425 e. The van der Waals surface area contributed by atoms with Gasteiger partial charge >= 0.3 is 11.9 Å². The molecule has 0 radical (unpaired) electrons. The fourth-order valence-electron chi connectivity index (χ4n) is 11.1. The zero-order chi connectivity index (χ0) is 31.8. The molecule has 10 nitrogen and oxygen atoms in total. The highest BCUT2D eigenvalue weighted by atomic mass is 16.6. The number of carbonyl (C=O) groups excluding carboxylic acids is 2. The lowest BCUT2D eigenvalue weighted by Gasteiger charge is -2.58. The standard InChI is InChI=1S/C38H48N2O6.2H2O/c1-39-17-15-37-13-5-3-7-27(37)31(39)19-23-9-11-25(21-29(23)37)45-35(43)33(41)34(42)36(44)46-26-12-10-24-20-32-28-8-4-6-14-38(28,30(24)22-26)16-18-40(32)2;;/h9-12,21-22,27-28,31-34,41-42H,3-8,13-20H2,1-2H3;2*1H2/t27-,28-,31+,32+,33?,34?,37+,38+;;/m0../s1. The smallest absolute Gasteiger partial charge is 0.343 e. The molecule has 2 unspecified atom stereocenters. The zero-order valence-corrected chi connectivity index (χ0v) is 28.2. The molecule has 4 bridgehead atoms.